The highest BCUT2D eigenvalue weighted by atomic mass is 32.1. The van der Waals surface area contributed by atoms with E-state index in [2.05, 4.69) is 51.7 Å². The van der Waals surface area contributed by atoms with Crippen LogP contribution in [0.15, 0.2) is 52.8 Å². The van der Waals surface area contributed by atoms with E-state index in [0.717, 1.165) is 17.1 Å². The fourth-order valence-corrected chi connectivity index (χ4v) is 3.22. The molecule has 3 rings (SSSR count). The summed E-state index contributed by atoms with van der Waals surface area (Å²) in [5.41, 5.74) is 2.07. The lowest BCUT2D eigenvalue weighted by atomic mass is 10.1. The lowest BCUT2D eigenvalue weighted by Gasteiger charge is -2.02. The first-order valence-corrected chi connectivity index (χ1v) is 9.22. The van der Waals surface area contributed by atoms with Crippen molar-refractivity contribution in [1.29, 1.82) is 0 Å². The van der Waals surface area contributed by atoms with Crippen molar-refractivity contribution in [3.63, 3.8) is 0 Å². The number of thiazole rings is 1. The molecule has 0 bridgehead atoms. The molecule has 0 radical (unpaired) electrons. The molecule has 0 aliphatic rings. The Morgan fingerprint density at radius 1 is 1.24 bits per heavy atom. The van der Waals surface area contributed by atoms with Gasteiger partial charge in [0.2, 0.25) is 5.91 Å². The molecule has 128 valence electrons. The summed E-state index contributed by atoms with van der Waals surface area (Å²) >= 11 is 1.57. The van der Waals surface area contributed by atoms with Gasteiger partial charge in [-0.15, -0.1) is 11.3 Å². The van der Waals surface area contributed by atoms with E-state index in [-0.39, 0.29) is 5.91 Å². The zero-order valence-electron chi connectivity index (χ0n) is 14.2. The van der Waals surface area contributed by atoms with Crippen molar-refractivity contribution in [2.24, 2.45) is 4.99 Å². The molecule has 0 fully saturated rings. The van der Waals surface area contributed by atoms with Gasteiger partial charge >= 0.3 is 0 Å². The minimum atomic E-state index is -0.00460. The number of hydrogen-bond acceptors (Lipinski definition) is 4. The van der Waals surface area contributed by atoms with Gasteiger partial charge in [0.25, 0.3) is 0 Å². The highest BCUT2D eigenvalue weighted by Gasteiger charge is 2.05. The van der Waals surface area contributed by atoms with Crippen LogP contribution in [0.3, 0.4) is 0 Å². The first-order chi connectivity index (χ1) is 12.2. The van der Waals surface area contributed by atoms with Gasteiger partial charge in [0.15, 0.2) is 0 Å². The Morgan fingerprint density at radius 3 is 2.88 bits per heavy atom. The summed E-state index contributed by atoms with van der Waals surface area (Å²) in [6, 6.07) is 14.8. The molecule has 1 amide bonds. The lowest BCUT2D eigenvalue weighted by Crippen LogP contribution is -2.27. The maximum absolute atomic E-state index is 11.8. The number of benzene rings is 2. The average molecular weight is 351 g/mol. The SMILES string of the molecule is Cc1nc(CC(=O)NCCN=CCc2ccc3ccccc3c2)cs1. The van der Waals surface area contributed by atoms with Crippen LogP contribution >= 0.6 is 11.3 Å². The van der Waals surface area contributed by atoms with Crippen molar-refractivity contribution in [3.05, 3.63) is 64.1 Å². The summed E-state index contributed by atoms with van der Waals surface area (Å²) in [7, 11) is 0. The second kappa shape index (κ2) is 8.53. The number of carbonyl (C=O) groups is 1. The number of nitrogens with zero attached hydrogens (tertiary/aromatic N) is 2. The standard InChI is InChI=1S/C20H21N3OS/c1-15-23-19(14-25-15)13-20(24)22-11-10-21-9-8-16-6-7-17-4-2-3-5-18(17)12-16/h2-7,9,12,14H,8,10-11,13H2,1H3,(H,22,24). The second-order valence-corrected chi connectivity index (χ2v) is 6.92. The number of hydrogen-bond donors (Lipinski definition) is 1. The largest absolute Gasteiger partial charge is 0.354 e. The van der Waals surface area contributed by atoms with E-state index in [1.54, 1.807) is 11.3 Å². The topological polar surface area (TPSA) is 54.4 Å². The summed E-state index contributed by atoms with van der Waals surface area (Å²) in [5.74, 6) is -0.00460. The molecule has 25 heavy (non-hydrogen) atoms. The number of aryl methyl sites for hydroxylation is 1. The van der Waals surface area contributed by atoms with E-state index in [1.165, 1.54) is 16.3 Å². The number of amides is 1. The van der Waals surface area contributed by atoms with Crippen molar-refractivity contribution >= 4 is 34.2 Å². The molecule has 3 aromatic rings. The van der Waals surface area contributed by atoms with E-state index in [9.17, 15) is 4.79 Å². The van der Waals surface area contributed by atoms with Crippen LogP contribution in [-0.4, -0.2) is 30.2 Å². The van der Waals surface area contributed by atoms with E-state index < -0.39 is 0 Å². The van der Waals surface area contributed by atoms with Gasteiger partial charge in [-0.05, 0) is 23.3 Å². The Bertz CT molecular complexity index is 885. The van der Waals surface area contributed by atoms with Gasteiger partial charge in [-0.1, -0.05) is 42.5 Å². The zero-order valence-corrected chi connectivity index (χ0v) is 15.1. The van der Waals surface area contributed by atoms with E-state index in [1.807, 2.05) is 24.6 Å². The monoisotopic (exact) mass is 351 g/mol. The molecule has 0 atom stereocenters. The molecule has 5 heteroatoms. The maximum Gasteiger partial charge on any atom is 0.226 e. The van der Waals surface area contributed by atoms with Crippen LogP contribution in [0.4, 0.5) is 0 Å². The van der Waals surface area contributed by atoms with Crippen molar-refractivity contribution in [2.45, 2.75) is 19.8 Å². The van der Waals surface area contributed by atoms with E-state index >= 15 is 0 Å². The van der Waals surface area contributed by atoms with Gasteiger partial charge in [-0.25, -0.2) is 4.98 Å². The maximum atomic E-state index is 11.8. The summed E-state index contributed by atoms with van der Waals surface area (Å²) in [5, 5.41) is 8.29. The van der Waals surface area contributed by atoms with Crippen molar-refractivity contribution in [1.82, 2.24) is 10.3 Å². The number of nitrogens with one attached hydrogen (secondary N) is 1. The van der Waals surface area contributed by atoms with Crippen LogP contribution in [0.2, 0.25) is 0 Å². The fraction of sp³-hybridized carbons (Fsp3) is 0.250. The number of aromatic nitrogens is 1. The molecular weight excluding hydrogens is 330 g/mol. The smallest absolute Gasteiger partial charge is 0.226 e. The summed E-state index contributed by atoms with van der Waals surface area (Å²) in [6.07, 6.45) is 3.06. The first kappa shape index (κ1) is 17.3. The predicted molar refractivity (Wildman–Crippen MR) is 105 cm³/mol. The zero-order chi connectivity index (χ0) is 17.5. The molecule has 0 spiro atoms. The lowest BCUT2D eigenvalue weighted by molar-refractivity contribution is -0.120. The van der Waals surface area contributed by atoms with Crippen LogP contribution in [-0.2, 0) is 17.6 Å². The highest BCUT2D eigenvalue weighted by Crippen LogP contribution is 2.15. The Morgan fingerprint density at radius 2 is 2.08 bits per heavy atom. The van der Waals surface area contributed by atoms with Gasteiger partial charge in [0.05, 0.1) is 23.7 Å². The second-order valence-electron chi connectivity index (χ2n) is 5.86. The summed E-state index contributed by atoms with van der Waals surface area (Å²) < 4.78 is 0. The Hall–Kier alpha value is -2.53. The Kier molecular flexibility index (Phi) is 5.90. The molecule has 1 N–H and O–H groups in total. The van der Waals surface area contributed by atoms with E-state index in [0.29, 0.717) is 19.5 Å². The van der Waals surface area contributed by atoms with Gasteiger partial charge in [-0.3, -0.25) is 9.79 Å². The average Bonchev–Trinajstić information content (AvgIpc) is 3.02. The molecule has 2 aromatic carbocycles. The molecule has 4 nitrogen and oxygen atoms in total. The van der Waals surface area contributed by atoms with Crippen molar-refractivity contribution in [2.75, 3.05) is 13.1 Å². The molecule has 0 saturated heterocycles. The molecule has 0 aliphatic carbocycles. The minimum absolute atomic E-state index is 0.00460. The number of aliphatic imine (C=N–C) groups is 1. The molecular formula is C20H21N3OS. The minimum Gasteiger partial charge on any atom is -0.354 e. The first-order valence-electron chi connectivity index (χ1n) is 8.34. The summed E-state index contributed by atoms with van der Waals surface area (Å²) in [4.78, 5) is 20.5. The number of rotatable bonds is 7. The molecule has 1 aromatic heterocycles. The van der Waals surface area contributed by atoms with Crippen molar-refractivity contribution < 1.29 is 4.79 Å². The third-order valence-corrected chi connectivity index (χ3v) is 4.66. The van der Waals surface area contributed by atoms with Crippen LogP contribution in [0.1, 0.15) is 16.3 Å². The van der Waals surface area contributed by atoms with Gasteiger partial charge in [-0.2, -0.15) is 0 Å². The van der Waals surface area contributed by atoms with Crippen LogP contribution in [0.5, 0.6) is 0 Å². The normalized spacial score (nSPS) is 11.2. The van der Waals surface area contributed by atoms with Crippen molar-refractivity contribution in [3.8, 4) is 0 Å². The van der Waals surface area contributed by atoms with Gasteiger partial charge in [0, 0.05) is 24.6 Å². The molecule has 0 saturated carbocycles. The number of fused-ring (bicyclic) bond motifs is 1. The van der Waals surface area contributed by atoms with Gasteiger partial charge in [0.1, 0.15) is 0 Å². The highest BCUT2D eigenvalue weighted by molar-refractivity contribution is 7.09. The fourth-order valence-electron chi connectivity index (χ4n) is 2.60. The van der Waals surface area contributed by atoms with Crippen LogP contribution in [0.25, 0.3) is 10.8 Å². The molecule has 0 unspecified atom stereocenters. The Labute approximate surface area is 151 Å². The predicted octanol–water partition coefficient (Wildman–Crippen LogP) is 3.58. The van der Waals surface area contributed by atoms with Crippen LogP contribution < -0.4 is 5.32 Å². The third-order valence-electron chi connectivity index (χ3n) is 3.84. The van der Waals surface area contributed by atoms with Gasteiger partial charge < -0.3 is 5.32 Å². The van der Waals surface area contributed by atoms with Crippen LogP contribution in [0, 0.1) is 6.92 Å². The molecule has 1 heterocycles. The summed E-state index contributed by atoms with van der Waals surface area (Å²) in [6.45, 7) is 3.09. The quantitative estimate of drug-likeness (QED) is 0.522. The number of carbonyl (C=O) groups excluding carboxylic acids is 1. The van der Waals surface area contributed by atoms with E-state index in [4.69, 9.17) is 0 Å². The Balaban J connectivity index is 1.38. The molecule has 0 aliphatic heterocycles. The third kappa shape index (κ3) is 5.22.